The van der Waals surface area contributed by atoms with Gasteiger partial charge in [-0.2, -0.15) is 0 Å². The van der Waals surface area contributed by atoms with E-state index in [0.717, 1.165) is 25.4 Å². The first-order valence-corrected chi connectivity index (χ1v) is 6.68. The molecule has 0 bridgehead atoms. The van der Waals surface area contributed by atoms with Gasteiger partial charge in [-0.15, -0.1) is 0 Å². The number of aliphatic hydroxyl groups excluding tert-OH is 1. The lowest BCUT2D eigenvalue weighted by atomic mass is 9.96. The van der Waals surface area contributed by atoms with Crippen molar-refractivity contribution in [3.8, 4) is 0 Å². The fourth-order valence-corrected chi connectivity index (χ4v) is 2.34. The monoisotopic (exact) mass is 228 g/mol. The Kier molecular flexibility index (Phi) is 5.73. The third-order valence-electron chi connectivity index (χ3n) is 3.81. The van der Waals surface area contributed by atoms with Crippen LogP contribution in [0, 0.1) is 5.92 Å². The average molecular weight is 228 g/mol. The second-order valence-corrected chi connectivity index (χ2v) is 5.52. The van der Waals surface area contributed by atoms with E-state index in [-0.39, 0.29) is 12.1 Å². The van der Waals surface area contributed by atoms with Crippen LogP contribution in [0.3, 0.4) is 0 Å². The molecule has 0 aromatic carbocycles. The molecule has 1 aliphatic rings. The number of aliphatic hydroxyl groups is 1. The highest BCUT2D eigenvalue weighted by Crippen LogP contribution is 2.18. The summed E-state index contributed by atoms with van der Waals surface area (Å²) in [6.07, 6.45) is 3.69. The van der Waals surface area contributed by atoms with Crippen molar-refractivity contribution in [1.82, 2.24) is 10.2 Å². The molecule has 96 valence electrons. The van der Waals surface area contributed by atoms with Crippen LogP contribution in [0.2, 0.25) is 0 Å². The van der Waals surface area contributed by atoms with E-state index in [1.807, 2.05) is 0 Å². The van der Waals surface area contributed by atoms with E-state index in [4.69, 9.17) is 0 Å². The van der Waals surface area contributed by atoms with Gasteiger partial charge >= 0.3 is 0 Å². The lowest BCUT2D eigenvalue weighted by Crippen LogP contribution is -2.48. The Morgan fingerprint density at radius 3 is 2.50 bits per heavy atom. The van der Waals surface area contributed by atoms with E-state index in [2.05, 4.69) is 31.0 Å². The molecule has 1 saturated heterocycles. The van der Waals surface area contributed by atoms with Gasteiger partial charge in [0.25, 0.3) is 0 Å². The molecule has 0 aliphatic carbocycles. The molecule has 1 atom stereocenters. The highest BCUT2D eigenvalue weighted by molar-refractivity contribution is 4.83. The molecule has 0 saturated carbocycles. The standard InChI is InChI=1S/C13H28N2O/c1-4-14-13(3,11-16)7-10-15-8-5-12(2)6-9-15/h12,14,16H,4-11H2,1-3H3. The number of rotatable bonds is 6. The van der Waals surface area contributed by atoms with Gasteiger partial charge in [0.05, 0.1) is 6.61 Å². The number of piperidine rings is 1. The van der Waals surface area contributed by atoms with Gasteiger partial charge in [-0.3, -0.25) is 0 Å². The summed E-state index contributed by atoms with van der Waals surface area (Å²) in [5, 5.41) is 12.8. The summed E-state index contributed by atoms with van der Waals surface area (Å²) in [7, 11) is 0. The second kappa shape index (κ2) is 6.58. The summed E-state index contributed by atoms with van der Waals surface area (Å²) in [6.45, 7) is 11.3. The molecule has 1 aliphatic heterocycles. The third-order valence-corrected chi connectivity index (χ3v) is 3.81. The molecule has 0 radical (unpaired) electrons. The summed E-state index contributed by atoms with van der Waals surface area (Å²) in [5.41, 5.74) is -0.0994. The maximum atomic E-state index is 9.41. The first-order valence-electron chi connectivity index (χ1n) is 6.68. The molecule has 1 fully saturated rings. The molecule has 2 N–H and O–H groups in total. The number of nitrogens with zero attached hydrogens (tertiary/aromatic N) is 1. The minimum Gasteiger partial charge on any atom is -0.394 e. The largest absolute Gasteiger partial charge is 0.394 e. The van der Waals surface area contributed by atoms with Crippen molar-refractivity contribution in [2.45, 2.75) is 45.6 Å². The highest BCUT2D eigenvalue weighted by atomic mass is 16.3. The van der Waals surface area contributed by atoms with Crippen molar-refractivity contribution in [2.24, 2.45) is 5.92 Å². The fourth-order valence-electron chi connectivity index (χ4n) is 2.34. The first-order chi connectivity index (χ1) is 7.59. The Morgan fingerprint density at radius 2 is 2.00 bits per heavy atom. The van der Waals surface area contributed by atoms with Crippen LogP contribution in [-0.4, -0.2) is 48.3 Å². The topological polar surface area (TPSA) is 35.5 Å². The van der Waals surface area contributed by atoms with Gasteiger partial charge in [0.1, 0.15) is 0 Å². The van der Waals surface area contributed by atoms with Crippen LogP contribution >= 0.6 is 0 Å². The van der Waals surface area contributed by atoms with Crippen molar-refractivity contribution in [3.63, 3.8) is 0 Å². The van der Waals surface area contributed by atoms with Gasteiger partial charge < -0.3 is 15.3 Å². The van der Waals surface area contributed by atoms with E-state index in [0.29, 0.717) is 0 Å². The smallest absolute Gasteiger partial charge is 0.0611 e. The number of hydrogen-bond acceptors (Lipinski definition) is 3. The zero-order valence-electron chi connectivity index (χ0n) is 11.1. The van der Waals surface area contributed by atoms with Crippen LogP contribution < -0.4 is 5.32 Å². The summed E-state index contributed by atoms with van der Waals surface area (Å²) in [6, 6.07) is 0. The maximum absolute atomic E-state index is 9.41. The van der Waals surface area contributed by atoms with Crippen LogP contribution in [0.1, 0.15) is 40.0 Å². The molecule has 1 heterocycles. The zero-order valence-corrected chi connectivity index (χ0v) is 11.1. The Hall–Kier alpha value is -0.120. The van der Waals surface area contributed by atoms with Gasteiger partial charge in [-0.1, -0.05) is 13.8 Å². The summed E-state index contributed by atoms with van der Waals surface area (Å²) >= 11 is 0. The van der Waals surface area contributed by atoms with Gasteiger partial charge in [0.2, 0.25) is 0 Å². The molecule has 3 nitrogen and oxygen atoms in total. The first kappa shape index (κ1) is 13.9. The third kappa shape index (κ3) is 4.40. The molecule has 1 rings (SSSR count). The quantitative estimate of drug-likeness (QED) is 0.722. The zero-order chi connectivity index (χ0) is 12.0. The maximum Gasteiger partial charge on any atom is 0.0611 e. The van der Waals surface area contributed by atoms with Crippen molar-refractivity contribution in [2.75, 3.05) is 32.8 Å². The van der Waals surface area contributed by atoms with Crippen LogP contribution in [0.5, 0.6) is 0 Å². The number of nitrogens with one attached hydrogen (secondary N) is 1. The minimum absolute atomic E-state index is 0.0994. The van der Waals surface area contributed by atoms with Gasteiger partial charge in [-0.25, -0.2) is 0 Å². The molecule has 0 amide bonds. The van der Waals surface area contributed by atoms with Crippen molar-refractivity contribution in [1.29, 1.82) is 0 Å². The summed E-state index contributed by atoms with van der Waals surface area (Å²) in [4.78, 5) is 2.53. The molecule has 0 spiro atoms. The predicted molar refractivity (Wildman–Crippen MR) is 68.6 cm³/mol. The average Bonchev–Trinajstić information content (AvgIpc) is 2.29. The SMILES string of the molecule is CCNC(C)(CO)CCN1CCC(C)CC1. The Morgan fingerprint density at radius 1 is 1.38 bits per heavy atom. The molecule has 3 heteroatoms. The van der Waals surface area contributed by atoms with Crippen molar-refractivity contribution >= 4 is 0 Å². The van der Waals surface area contributed by atoms with Crippen molar-refractivity contribution in [3.05, 3.63) is 0 Å². The normalized spacial score (nSPS) is 23.2. The van der Waals surface area contributed by atoms with Gasteiger partial charge in [0, 0.05) is 5.54 Å². The Labute approximate surface area is 100 Å². The molecular formula is C13H28N2O. The summed E-state index contributed by atoms with van der Waals surface area (Å²) < 4.78 is 0. The van der Waals surface area contributed by atoms with E-state index in [1.165, 1.54) is 25.9 Å². The van der Waals surface area contributed by atoms with Crippen LogP contribution in [0.4, 0.5) is 0 Å². The van der Waals surface area contributed by atoms with Crippen LogP contribution in [0.25, 0.3) is 0 Å². The van der Waals surface area contributed by atoms with Crippen LogP contribution in [-0.2, 0) is 0 Å². The highest BCUT2D eigenvalue weighted by Gasteiger charge is 2.24. The Bertz CT molecular complexity index is 190. The predicted octanol–water partition coefficient (Wildman–Crippen LogP) is 1.47. The van der Waals surface area contributed by atoms with E-state index in [1.54, 1.807) is 0 Å². The van der Waals surface area contributed by atoms with E-state index < -0.39 is 0 Å². The molecular weight excluding hydrogens is 200 g/mol. The Balaban J connectivity index is 2.27. The van der Waals surface area contributed by atoms with Crippen LogP contribution in [0.15, 0.2) is 0 Å². The number of likely N-dealkylation sites (N-methyl/N-ethyl adjacent to an activating group) is 1. The number of likely N-dealkylation sites (tertiary alicyclic amines) is 1. The lowest BCUT2D eigenvalue weighted by Gasteiger charge is -2.34. The van der Waals surface area contributed by atoms with Gasteiger partial charge in [-0.05, 0) is 58.3 Å². The molecule has 0 aromatic rings. The van der Waals surface area contributed by atoms with Crippen molar-refractivity contribution < 1.29 is 5.11 Å². The molecule has 0 aromatic heterocycles. The molecule has 1 unspecified atom stereocenters. The van der Waals surface area contributed by atoms with E-state index >= 15 is 0 Å². The summed E-state index contributed by atoms with van der Waals surface area (Å²) in [5.74, 6) is 0.897. The molecule has 16 heavy (non-hydrogen) atoms. The van der Waals surface area contributed by atoms with Gasteiger partial charge in [0.15, 0.2) is 0 Å². The minimum atomic E-state index is -0.0994. The number of hydrogen-bond donors (Lipinski definition) is 2. The second-order valence-electron chi connectivity index (χ2n) is 5.52. The lowest BCUT2D eigenvalue weighted by molar-refractivity contribution is 0.131. The fraction of sp³-hybridized carbons (Fsp3) is 1.00. The van der Waals surface area contributed by atoms with E-state index in [9.17, 15) is 5.11 Å².